The first-order valence-electron chi connectivity index (χ1n) is 17.8. The molecule has 5 aromatic rings. The Kier molecular flexibility index (Phi) is 10.0. The zero-order chi connectivity index (χ0) is 41.8. The van der Waals surface area contributed by atoms with Gasteiger partial charge in [-0.2, -0.15) is 37.4 Å². The van der Waals surface area contributed by atoms with Crippen LogP contribution in [0.25, 0.3) is 22.4 Å². The highest BCUT2D eigenvalue weighted by atomic mass is 19.4. The summed E-state index contributed by atoms with van der Waals surface area (Å²) in [7, 11) is 3.18. The fraction of sp³-hybridized carbons (Fsp3) is 0.316. The Morgan fingerprint density at radius 3 is 2.48 bits per heavy atom. The minimum atomic E-state index is -4.83. The number of pyridine rings is 1. The summed E-state index contributed by atoms with van der Waals surface area (Å²) in [6, 6.07) is 9.99. The largest absolute Gasteiger partial charge is 0.435 e. The summed E-state index contributed by atoms with van der Waals surface area (Å²) in [6.07, 6.45) is -1.67. The van der Waals surface area contributed by atoms with Crippen molar-refractivity contribution in [2.75, 3.05) is 24.0 Å². The number of alkyl halides is 5. The summed E-state index contributed by atoms with van der Waals surface area (Å²) in [4.78, 5) is 41.9. The lowest BCUT2D eigenvalue weighted by molar-refractivity contribution is -0.141. The normalized spacial score (nSPS) is 14.6. The number of carbonyl (C=O) groups is 2. The van der Waals surface area contributed by atoms with Crippen LogP contribution in [0.15, 0.2) is 65.8 Å². The second-order valence-corrected chi connectivity index (χ2v) is 14.7. The van der Waals surface area contributed by atoms with Crippen LogP contribution in [0.4, 0.5) is 37.7 Å². The van der Waals surface area contributed by atoms with Gasteiger partial charge in [-0.1, -0.05) is 6.07 Å². The van der Waals surface area contributed by atoms with Crippen LogP contribution in [0.5, 0.6) is 0 Å². The lowest BCUT2D eigenvalue weighted by atomic mass is 9.87. The first-order valence-corrected chi connectivity index (χ1v) is 17.8. The number of aromatic nitrogens is 5. The minimum absolute atomic E-state index is 0.00240. The van der Waals surface area contributed by atoms with Gasteiger partial charge in [-0.25, -0.2) is 9.07 Å². The standard InChI is InChI=1S/C38H35F6N11O3/c1-37(2,19-55-28(14-31(49-55)38(42,43)44)21-5-8-32(56)51(3)18-21)47-34(57)30(11-20-16-46-54(17-20)36(40)41)53-10-9-24-23(6-7-26(39)33(24)35(53)58)25-13-29-27(12-22(25)15-45)48-50-52(29)4/h5-8,12-14,16-18,30,36,48,50H,9-11,19H2,1-4H3,(H,47,57)/t30-/m1/s1. The fourth-order valence-electron chi connectivity index (χ4n) is 7.26. The molecule has 2 aromatic carbocycles. The molecular formula is C38H35F6N11O3. The summed E-state index contributed by atoms with van der Waals surface area (Å²) in [5.74, 6) is -2.58. The van der Waals surface area contributed by atoms with E-state index in [1.165, 1.54) is 49.9 Å². The van der Waals surface area contributed by atoms with E-state index >= 15 is 4.39 Å². The fourth-order valence-corrected chi connectivity index (χ4v) is 7.26. The van der Waals surface area contributed by atoms with Crippen LogP contribution in [0.3, 0.4) is 0 Å². The molecule has 1 atom stereocenters. The van der Waals surface area contributed by atoms with Crippen molar-refractivity contribution in [3.63, 3.8) is 0 Å². The lowest BCUT2D eigenvalue weighted by Crippen LogP contribution is -2.58. The van der Waals surface area contributed by atoms with Crippen LogP contribution < -0.4 is 26.8 Å². The van der Waals surface area contributed by atoms with E-state index in [4.69, 9.17) is 0 Å². The second kappa shape index (κ2) is 14.7. The van der Waals surface area contributed by atoms with Crippen molar-refractivity contribution >= 4 is 23.2 Å². The maximum Gasteiger partial charge on any atom is 0.435 e. The minimum Gasteiger partial charge on any atom is -0.348 e. The van der Waals surface area contributed by atoms with Crippen LogP contribution in [0, 0.1) is 17.1 Å². The SMILES string of the molecule is CN1NNc2cc(C#N)c(-c3ccc(F)c4c3CCN([C@H](Cc3cnn(C(F)F)c3)C(=O)NC(C)(C)Cn3nc(C(F)(F)F)cc3-c3ccc(=O)n(C)c3)C4=O)cc21. The van der Waals surface area contributed by atoms with Gasteiger partial charge in [0.05, 0.1) is 52.5 Å². The predicted octanol–water partition coefficient (Wildman–Crippen LogP) is 5.02. The zero-order valence-corrected chi connectivity index (χ0v) is 31.3. The number of carbonyl (C=O) groups excluding carboxylic acids is 2. The van der Waals surface area contributed by atoms with Gasteiger partial charge < -0.3 is 20.2 Å². The van der Waals surface area contributed by atoms with Gasteiger partial charge in [-0.3, -0.25) is 24.1 Å². The van der Waals surface area contributed by atoms with Gasteiger partial charge in [0, 0.05) is 56.6 Å². The number of benzene rings is 2. The molecule has 20 heteroatoms. The van der Waals surface area contributed by atoms with Gasteiger partial charge in [0.1, 0.15) is 11.9 Å². The quantitative estimate of drug-likeness (QED) is 0.165. The van der Waals surface area contributed by atoms with Crippen molar-refractivity contribution in [3.8, 4) is 28.5 Å². The number of rotatable bonds is 10. The Hall–Kier alpha value is -6.62. The number of nitrogens with one attached hydrogen (secondary N) is 3. The molecule has 5 heterocycles. The van der Waals surface area contributed by atoms with Crippen LogP contribution in [-0.2, 0) is 37.4 Å². The third kappa shape index (κ3) is 7.47. The molecule has 0 bridgehead atoms. The van der Waals surface area contributed by atoms with E-state index in [0.717, 1.165) is 34.1 Å². The number of halogens is 6. The average Bonchev–Trinajstić information content (AvgIpc) is 3.90. The van der Waals surface area contributed by atoms with Crippen molar-refractivity contribution < 1.29 is 35.9 Å². The number of hydrogen-bond donors (Lipinski definition) is 3. The molecule has 7 rings (SSSR count). The van der Waals surface area contributed by atoms with E-state index in [9.17, 15) is 41.6 Å². The molecule has 58 heavy (non-hydrogen) atoms. The number of hydrogen-bond acceptors (Lipinski definition) is 9. The highest BCUT2D eigenvalue weighted by Crippen LogP contribution is 2.40. The molecule has 0 saturated heterocycles. The lowest BCUT2D eigenvalue weighted by Gasteiger charge is -2.37. The Balaban J connectivity index is 1.23. The molecule has 2 amide bonds. The molecule has 0 spiro atoms. The average molecular weight is 808 g/mol. The molecule has 0 saturated carbocycles. The summed E-state index contributed by atoms with van der Waals surface area (Å²) in [6.45, 7) is -0.440. The molecule has 2 aliphatic heterocycles. The van der Waals surface area contributed by atoms with Gasteiger partial charge in [-0.15, -0.1) is 5.53 Å². The Bertz CT molecular complexity index is 2550. The first-order chi connectivity index (χ1) is 27.3. The number of nitriles is 1. The van der Waals surface area contributed by atoms with Crippen molar-refractivity contribution in [2.24, 2.45) is 7.05 Å². The molecule has 302 valence electrons. The van der Waals surface area contributed by atoms with Gasteiger partial charge in [0.15, 0.2) is 5.69 Å². The molecule has 2 aliphatic rings. The Morgan fingerprint density at radius 2 is 1.81 bits per heavy atom. The van der Waals surface area contributed by atoms with E-state index in [1.54, 1.807) is 24.2 Å². The van der Waals surface area contributed by atoms with E-state index in [2.05, 4.69) is 32.5 Å². The number of aryl methyl sites for hydroxylation is 1. The maximum atomic E-state index is 15.8. The van der Waals surface area contributed by atoms with Gasteiger partial charge in [0.2, 0.25) is 11.5 Å². The van der Waals surface area contributed by atoms with E-state index in [1.807, 2.05) is 0 Å². The zero-order valence-electron chi connectivity index (χ0n) is 31.3. The number of fused-ring (bicyclic) bond motifs is 2. The predicted molar refractivity (Wildman–Crippen MR) is 198 cm³/mol. The van der Waals surface area contributed by atoms with Crippen molar-refractivity contribution in [2.45, 2.75) is 57.5 Å². The van der Waals surface area contributed by atoms with E-state index in [-0.39, 0.29) is 53.9 Å². The maximum absolute atomic E-state index is 15.8. The topological polar surface area (TPSA) is 158 Å². The van der Waals surface area contributed by atoms with Gasteiger partial charge in [0.25, 0.3) is 5.91 Å². The van der Waals surface area contributed by atoms with E-state index in [0.29, 0.717) is 32.7 Å². The summed E-state index contributed by atoms with van der Waals surface area (Å²) in [5, 5.41) is 21.9. The number of hydrazine groups is 2. The molecule has 0 aliphatic carbocycles. The molecule has 14 nitrogen and oxygen atoms in total. The highest BCUT2D eigenvalue weighted by Gasteiger charge is 2.40. The van der Waals surface area contributed by atoms with Crippen molar-refractivity contribution in [3.05, 3.63) is 105 Å². The van der Waals surface area contributed by atoms with Gasteiger partial charge >= 0.3 is 12.7 Å². The van der Waals surface area contributed by atoms with Crippen LogP contribution in [-0.4, -0.2) is 66.0 Å². The number of nitrogens with zero attached hydrogens (tertiary/aromatic N) is 8. The van der Waals surface area contributed by atoms with Gasteiger partial charge in [-0.05, 0) is 67.3 Å². The Morgan fingerprint density at radius 1 is 1.05 bits per heavy atom. The van der Waals surface area contributed by atoms with Crippen molar-refractivity contribution in [1.29, 1.82) is 5.26 Å². The van der Waals surface area contributed by atoms with Crippen LogP contribution in [0.2, 0.25) is 0 Å². The monoisotopic (exact) mass is 807 g/mol. The van der Waals surface area contributed by atoms with Crippen molar-refractivity contribution in [1.82, 2.24) is 39.9 Å². The molecule has 3 aromatic heterocycles. The first kappa shape index (κ1) is 39.6. The molecular weight excluding hydrogens is 772 g/mol. The molecule has 0 unspecified atom stereocenters. The molecule has 3 N–H and O–H groups in total. The summed E-state index contributed by atoms with van der Waals surface area (Å²) in [5.41, 5.74) is 5.65. The summed E-state index contributed by atoms with van der Waals surface area (Å²) >= 11 is 0. The van der Waals surface area contributed by atoms with Crippen LogP contribution in [0.1, 0.15) is 53.1 Å². The van der Waals surface area contributed by atoms with E-state index < -0.39 is 53.2 Å². The highest BCUT2D eigenvalue weighted by molar-refractivity contribution is 6.02. The Labute approximate surface area is 326 Å². The smallest absolute Gasteiger partial charge is 0.348 e. The summed E-state index contributed by atoms with van der Waals surface area (Å²) < 4.78 is 87.2. The molecule has 0 fully saturated rings. The number of amides is 2. The van der Waals surface area contributed by atoms with Crippen LogP contribution >= 0.6 is 0 Å². The third-order valence-electron chi connectivity index (χ3n) is 10.0. The number of anilines is 2. The second-order valence-electron chi connectivity index (χ2n) is 14.7. The molecule has 0 radical (unpaired) electrons. The third-order valence-corrected chi connectivity index (χ3v) is 10.0.